The van der Waals surface area contributed by atoms with Crippen LogP contribution < -0.4 is 15.0 Å². The Balaban J connectivity index is 1.41. The van der Waals surface area contributed by atoms with Crippen molar-refractivity contribution >= 4 is 22.9 Å². The van der Waals surface area contributed by atoms with Crippen LogP contribution in [0.15, 0.2) is 36.9 Å². The minimum atomic E-state index is -0.487. The Bertz CT molecular complexity index is 1040. The number of benzene rings is 1. The van der Waals surface area contributed by atoms with Crippen LogP contribution in [-0.4, -0.2) is 52.1 Å². The number of anilines is 1. The Morgan fingerprint density at radius 3 is 2.93 bits per heavy atom. The van der Waals surface area contributed by atoms with E-state index in [-0.39, 0.29) is 5.91 Å². The average molecular weight is 392 g/mol. The van der Waals surface area contributed by atoms with E-state index in [1.807, 2.05) is 18.2 Å². The summed E-state index contributed by atoms with van der Waals surface area (Å²) in [5.74, 6) is 1.74. The van der Waals surface area contributed by atoms with Crippen LogP contribution in [0.25, 0.3) is 11.2 Å². The topological polar surface area (TPSA) is 96.0 Å². The molecule has 3 heterocycles. The van der Waals surface area contributed by atoms with Gasteiger partial charge in [0.05, 0.1) is 18.9 Å². The van der Waals surface area contributed by atoms with Gasteiger partial charge in [0.1, 0.15) is 17.6 Å². The van der Waals surface area contributed by atoms with Crippen molar-refractivity contribution in [1.29, 1.82) is 0 Å². The lowest BCUT2D eigenvalue weighted by molar-refractivity contribution is -0.134. The number of nitrogens with zero attached hydrogens (tertiary/aromatic N) is 4. The smallest absolute Gasteiger partial charge is 0.230 e. The molecular formula is C21H24N6O2. The van der Waals surface area contributed by atoms with Crippen molar-refractivity contribution in [2.75, 3.05) is 25.1 Å². The molecule has 0 bridgehead atoms. The van der Waals surface area contributed by atoms with Crippen LogP contribution in [0.3, 0.4) is 0 Å². The Morgan fingerprint density at radius 1 is 1.31 bits per heavy atom. The molecule has 150 valence electrons. The normalized spacial score (nSPS) is 18.2. The molecule has 2 aliphatic rings. The maximum Gasteiger partial charge on any atom is 0.230 e. The maximum absolute atomic E-state index is 13.3. The molecule has 2 fully saturated rings. The molecule has 2 N–H and O–H groups in total. The number of H-pyrrole nitrogens is 1. The standard InChI is InChI=1S/C21H24N6O2/c1-29-16-7-2-4-14(8-16)9-21(20(28)26-15-5-3-6-15)10-27(11-21)19-17-18(23-12-22-17)24-13-25-19/h2,4,7-8,12-13,15H,3,5-6,9-11H2,1H3,(H,26,28)(H,22,23,24,25). The van der Waals surface area contributed by atoms with Gasteiger partial charge in [0.2, 0.25) is 5.91 Å². The summed E-state index contributed by atoms with van der Waals surface area (Å²) in [7, 11) is 1.66. The van der Waals surface area contributed by atoms with Crippen LogP contribution in [-0.2, 0) is 11.2 Å². The van der Waals surface area contributed by atoms with Crippen molar-refractivity contribution in [3.8, 4) is 5.75 Å². The second-order valence-corrected chi connectivity index (χ2v) is 8.06. The van der Waals surface area contributed by atoms with E-state index in [4.69, 9.17) is 4.74 Å². The lowest BCUT2D eigenvalue weighted by atomic mass is 9.73. The third kappa shape index (κ3) is 3.18. The first kappa shape index (κ1) is 17.9. The van der Waals surface area contributed by atoms with Gasteiger partial charge in [-0.3, -0.25) is 4.79 Å². The molecule has 0 spiro atoms. The Hall–Kier alpha value is -3.16. The molecule has 0 unspecified atom stereocenters. The Labute approximate surface area is 168 Å². The van der Waals surface area contributed by atoms with Crippen LogP contribution in [0.2, 0.25) is 0 Å². The summed E-state index contributed by atoms with van der Waals surface area (Å²) in [5, 5.41) is 3.26. The van der Waals surface area contributed by atoms with E-state index in [0.717, 1.165) is 35.5 Å². The zero-order valence-corrected chi connectivity index (χ0v) is 16.4. The first-order chi connectivity index (χ1) is 14.2. The fourth-order valence-corrected chi connectivity index (χ4v) is 4.23. The summed E-state index contributed by atoms with van der Waals surface area (Å²) in [6.45, 7) is 1.21. The van der Waals surface area contributed by atoms with E-state index < -0.39 is 5.41 Å². The van der Waals surface area contributed by atoms with Crippen LogP contribution in [0.4, 0.5) is 5.82 Å². The molecule has 1 saturated heterocycles. The lowest BCUT2D eigenvalue weighted by Crippen LogP contribution is -2.66. The van der Waals surface area contributed by atoms with Gasteiger partial charge in [0.25, 0.3) is 0 Å². The van der Waals surface area contributed by atoms with Gasteiger partial charge in [0, 0.05) is 19.1 Å². The molecule has 2 aromatic heterocycles. The van der Waals surface area contributed by atoms with Gasteiger partial charge in [-0.1, -0.05) is 12.1 Å². The van der Waals surface area contributed by atoms with Crippen LogP contribution in [0, 0.1) is 5.41 Å². The Kier molecular flexibility index (Phi) is 4.34. The van der Waals surface area contributed by atoms with Crippen molar-refractivity contribution in [1.82, 2.24) is 25.3 Å². The van der Waals surface area contributed by atoms with Gasteiger partial charge in [-0.2, -0.15) is 0 Å². The monoisotopic (exact) mass is 392 g/mol. The number of methoxy groups -OCH3 is 1. The number of nitrogens with one attached hydrogen (secondary N) is 2. The molecule has 1 aliphatic carbocycles. The minimum Gasteiger partial charge on any atom is -0.497 e. The molecule has 29 heavy (non-hydrogen) atoms. The third-order valence-corrected chi connectivity index (χ3v) is 6.09. The van der Waals surface area contributed by atoms with Crippen LogP contribution in [0.5, 0.6) is 5.75 Å². The van der Waals surface area contributed by atoms with Crippen LogP contribution in [0.1, 0.15) is 24.8 Å². The molecule has 8 heteroatoms. The van der Waals surface area contributed by atoms with Gasteiger partial charge in [-0.15, -0.1) is 0 Å². The van der Waals surface area contributed by atoms with Crippen molar-refractivity contribution in [2.45, 2.75) is 31.7 Å². The highest BCUT2D eigenvalue weighted by atomic mass is 16.5. The predicted octanol–water partition coefficient (Wildman–Crippen LogP) is 2.08. The van der Waals surface area contributed by atoms with E-state index >= 15 is 0 Å². The minimum absolute atomic E-state index is 0.135. The number of ether oxygens (including phenoxy) is 1. The number of imidazole rings is 1. The largest absolute Gasteiger partial charge is 0.497 e. The van der Waals surface area contributed by atoms with E-state index in [1.165, 1.54) is 12.7 Å². The predicted molar refractivity (Wildman–Crippen MR) is 109 cm³/mol. The third-order valence-electron chi connectivity index (χ3n) is 6.09. The number of carbonyl (C=O) groups is 1. The molecule has 0 atom stereocenters. The fraction of sp³-hybridized carbons (Fsp3) is 0.429. The highest BCUT2D eigenvalue weighted by molar-refractivity contribution is 5.89. The van der Waals surface area contributed by atoms with Crippen LogP contribution >= 0.6 is 0 Å². The SMILES string of the molecule is COc1cccc(CC2(C(=O)NC3CCC3)CN(c3ncnc4nc[nH]c34)C2)c1. The number of amides is 1. The van der Waals surface area contributed by atoms with E-state index in [9.17, 15) is 4.79 Å². The number of rotatable bonds is 6. The highest BCUT2D eigenvalue weighted by Gasteiger charge is 2.50. The molecule has 3 aromatic rings. The zero-order chi connectivity index (χ0) is 19.8. The van der Waals surface area contributed by atoms with E-state index in [2.05, 4.69) is 36.2 Å². The van der Waals surface area contributed by atoms with Gasteiger partial charge in [-0.25, -0.2) is 15.0 Å². The van der Waals surface area contributed by atoms with Crippen molar-refractivity contribution in [3.05, 3.63) is 42.5 Å². The van der Waals surface area contributed by atoms with E-state index in [0.29, 0.717) is 31.2 Å². The van der Waals surface area contributed by atoms with Gasteiger partial charge in [0.15, 0.2) is 11.5 Å². The number of aromatic nitrogens is 4. The second-order valence-electron chi connectivity index (χ2n) is 8.06. The quantitative estimate of drug-likeness (QED) is 0.667. The second kappa shape index (κ2) is 7.02. The molecule has 8 nitrogen and oxygen atoms in total. The first-order valence-corrected chi connectivity index (χ1v) is 10.00. The molecule has 5 rings (SSSR count). The summed E-state index contributed by atoms with van der Waals surface area (Å²) in [6, 6.07) is 8.28. The van der Waals surface area contributed by atoms with Gasteiger partial charge >= 0.3 is 0 Å². The first-order valence-electron chi connectivity index (χ1n) is 10.00. The van der Waals surface area contributed by atoms with Gasteiger partial charge < -0.3 is 19.9 Å². The average Bonchev–Trinajstić information content (AvgIpc) is 3.16. The Morgan fingerprint density at radius 2 is 2.17 bits per heavy atom. The van der Waals surface area contributed by atoms with Crippen molar-refractivity contribution in [3.63, 3.8) is 0 Å². The molecule has 1 aromatic carbocycles. The van der Waals surface area contributed by atoms with Crippen molar-refractivity contribution < 1.29 is 9.53 Å². The molecule has 1 amide bonds. The number of carbonyl (C=O) groups excluding carboxylic acids is 1. The highest BCUT2D eigenvalue weighted by Crippen LogP contribution is 2.39. The number of aromatic amines is 1. The van der Waals surface area contributed by atoms with Crippen molar-refractivity contribution in [2.24, 2.45) is 5.41 Å². The van der Waals surface area contributed by atoms with Gasteiger partial charge in [-0.05, 0) is 43.4 Å². The number of hydrogen-bond donors (Lipinski definition) is 2. The summed E-state index contributed by atoms with van der Waals surface area (Å²) in [5.41, 5.74) is 2.06. The summed E-state index contributed by atoms with van der Waals surface area (Å²) in [6.07, 6.45) is 7.15. The summed E-state index contributed by atoms with van der Waals surface area (Å²) >= 11 is 0. The fourth-order valence-electron chi connectivity index (χ4n) is 4.23. The molecule has 1 saturated carbocycles. The molecular weight excluding hydrogens is 368 g/mol. The molecule has 0 radical (unpaired) electrons. The summed E-state index contributed by atoms with van der Waals surface area (Å²) in [4.78, 5) is 31.4. The van der Waals surface area contributed by atoms with E-state index in [1.54, 1.807) is 13.4 Å². The lowest BCUT2D eigenvalue weighted by Gasteiger charge is -2.50. The zero-order valence-electron chi connectivity index (χ0n) is 16.4. The summed E-state index contributed by atoms with van der Waals surface area (Å²) < 4.78 is 5.36. The molecule has 1 aliphatic heterocycles. The maximum atomic E-state index is 13.3. The number of fused-ring (bicyclic) bond motifs is 1. The number of hydrogen-bond acceptors (Lipinski definition) is 6.